The minimum absolute atomic E-state index is 0.0352. The number of benzene rings is 1. The highest BCUT2D eigenvalue weighted by atomic mass is 16.3. The van der Waals surface area contributed by atoms with Crippen LogP contribution in [0.5, 0.6) is 5.75 Å². The van der Waals surface area contributed by atoms with Crippen molar-refractivity contribution >= 4 is 5.78 Å². The van der Waals surface area contributed by atoms with Crippen molar-refractivity contribution in [1.82, 2.24) is 0 Å². The van der Waals surface area contributed by atoms with Crippen LogP contribution in [0.2, 0.25) is 0 Å². The van der Waals surface area contributed by atoms with Gasteiger partial charge in [-0.25, -0.2) is 0 Å². The smallest absolute Gasteiger partial charge is 0.155 e. The molecule has 0 amide bonds. The van der Waals surface area contributed by atoms with Gasteiger partial charge in [0.05, 0.1) is 0 Å². The number of carbonyl (C=O) groups excluding carboxylic acids is 1. The fourth-order valence-corrected chi connectivity index (χ4v) is 3.84. The van der Waals surface area contributed by atoms with E-state index in [0.29, 0.717) is 12.2 Å². The molecule has 100 valence electrons. The van der Waals surface area contributed by atoms with Crippen LogP contribution in [0.3, 0.4) is 0 Å². The van der Waals surface area contributed by atoms with Crippen molar-refractivity contribution in [1.29, 1.82) is 0 Å². The molecule has 2 aliphatic rings. The van der Waals surface area contributed by atoms with Crippen molar-refractivity contribution in [2.24, 2.45) is 0 Å². The Kier molecular flexibility index (Phi) is 2.96. The number of phenolic OH excluding ortho intramolecular Hbond substituents is 1. The lowest BCUT2D eigenvalue weighted by molar-refractivity contribution is -0.115. The summed E-state index contributed by atoms with van der Waals surface area (Å²) in [6.07, 6.45) is 7.58. The number of fused-ring (bicyclic) bond motifs is 3. The molecule has 2 aliphatic carbocycles. The molecule has 1 atom stereocenters. The van der Waals surface area contributed by atoms with Gasteiger partial charge in [-0.05, 0) is 61.4 Å². The molecule has 0 spiro atoms. The van der Waals surface area contributed by atoms with Crippen molar-refractivity contribution in [3.8, 4) is 5.75 Å². The maximum atomic E-state index is 11.7. The summed E-state index contributed by atoms with van der Waals surface area (Å²) in [5, 5.41) is 9.71. The molecule has 0 radical (unpaired) electrons. The number of ketones is 1. The lowest BCUT2D eigenvalue weighted by Crippen LogP contribution is -2.32. The van der Waals surface area contributed by atoms with Gasteiger partial charge in [-0.1, -0.05) is 18.6 Å². The number of hydrogen-bond acceptors (Lipinski definition) is 2. The first kappa shape index (κ1) is 12.5. The lowest BCUT2D eigenvalue weighted by atomic mass is 9.65. The van der Waals surface area contributed by atoms with Gasteiger partial charge in [0.2, 0.25) is 0 Å². The van der Waals surface area contributed by atoms with E-state index in [2.05, 4.69) is 13.0 Å². The molecule has 19 heavy (non-hydrogen) atoms. The van der Waals surface area contributed by atoms with Gasteiger partial charge in [-0.15, -0.1) is 0 Å². The zero-order chi connectivity index (χ0) is 13.5. The number of phenols is 1. The van der Waals surface area contributed by atoms with Crippen molar-refractivity contribution in [2.75, 3.05) is 0 Å². The Morgan fingerprint density at radius 3 is 2.89 bits per heavy atom. The second kappa shape index (κ2) is 4.52. The quantitative estimate of drug-likeness (QED) is 0.832. The summed E-state index contributed by atoms with van der Waals surface area (Å²) in [4.78, 5) is 11.7. The van der Waals surface area contributed by atoms with E-state index in [1.54, 1.807) is 6.07 Å². The molecule has 0 bridgehead atoms. The molecule has 1 N–H and O–H groups in total. The van der Waals surface area contributed by atoms with Crippen molar-refractivity contribution < 1.29 is 9.90 Å². The fraction of sp³-hybridized carbons (Fsp3) is 0.471. The van der Waals surface area contributed by atoms with E-state index in [9.17, 15) is 9.90 Å². The summed E-state index contributed by atoms with van der Waals surface area (Å²) < 4.78 is 0. The number of allylic oxidation sites excluding steroid dienone is 2. The summed E-state index contributed by atoms with van der Waals surface area (Å²) in [6.45, 7) is 2.21. The first-order valence-electron chi connectivity index (χ1n) is 7.22. The fourth-order valence-electron chi connectivity index (χ4n) is 3.84. The van der Waals surface area contributed by atoms with Gasteiger partial charge in [0.1, 0.15) is 5.75 Å². The molecular weight excluding hydrogens is 236 g/mol. The van der Waals surface area contributed by atoms with Gasteiger partial charge in [0, 0.05) is 11.8 Å². The maximum Gasteiger partial charge on any atom is 0.155 e. The van der Waals surface area contributed by atoms with E-state index < -0.39 is 0 Å². The van der Waals surface area contributed by atoms with Crippen LogP contribution in [0.4, 0.5) is 0 Å². The van der Waals surface area contributed by atoms with Crippen LogP contribution in [-0.4, -0.2) is 10.9 Å². The summed E-state index contributed by atoms with van der Waals surface area (Å²) in [6, 6.07) is 5.77. The summed E-state index contributed by atoms with van der Waals surface area (Å²) in [5.41, 5.74) is 3.95. The van der Waals surface area contributed by atoms with E-state index in [-0.39, 0.29) is 11.2 Å². The summed E-state index contributed by atoms with van der Waals surface area (Å²) >= 11 is 0. The van der Waals surface area contributed by atoms with Gasteiger partial charge < -0.3 is 5.11 Å². The van der Waals surface area contributed by atoms with Crippen LogP contribution in [0.1, 0.15) is 50.2 Å². The second-order valence-electron chi connectivity index (χ2n) is 5.77. The third kappa shape index (κ3) is 1.90. The Balaban J connectivity index is 2.21. The highest BCUT2D eigenvalue weighted by Crippen LogP contribution is 2.48. The van der Waals surface area contributed by atoms with Crippen LogP contribution in [0, 0.1) is 0 Å². The van der Waals surface area contributed by atoms with E-state index in [1.807, 2.05) is 12.1 Å². The predicted molar refractivity (Wildman–Crippen MR) is 75.3 cm³/mol. The number of carbonyl (C=O) groups is 1. The molecule has 1 aromatic rings. The van der Waals surface area contributed by atoms with Gasteiger partial charge in [-0.2, -0.15) is 0 Å². The van der Waals surface area contributed by atoms with Crippen LogP contribution in [0.25, 0.3) is 0 Å². The number of aromatic hydroxyl groups is 1. The second-order valence-corrected chi connectivity index (χ2v) is 5.77. The molecule has 0 saturated heterocycles. The predicted octanol–water partition coefficient (Wildman–Crippen LogP) is 3.67. The Bertz CT molecular complexity index is 556. The topological polar surface area (TPSA) is 37.3 Å². The maximum absolute atomic E-state index is 11.7. The Morgan fingerprint density at radius 1 is 1.26 bits per heavy atom. The normalized spacial score (nSPS) is 26.2. The van der Waals surface area contributed by atoms with Gasteiger partial charge >= 0.3 is 0 Å². The van der Waals surface area contributed by atoms with Crippen LogP contribution in [0.15, 0.2) is 29.8 Å². The van der Waals surface area contributed by atoms with Gasteiger partial charge in [0.25, 0.3) is 0 Å². The van der Waals surface area contributed by atoms with Crippen molar-refractivity contribution in [2.45, 2.75) is 50.9 Å². The SMILES string of the molecule is CC[C@@]12CCC(=O)C=C1CCCc1cc(O)ccc12. The number of aryl methyl sites for hydroxylation is 1. The zero-order valence-corrected chi connectivity index (χ0v) is 11.4. The minimum atomic E-state index is 0.0352. The number of rotatable bonds is 1. The average molecular weight is 256 g/mol. The molecule has 0 aliphatic heterocycles. The largest absolute Gasteiger partial charge is 0.508 e. The third-order valence-corrected chi connectivity index (χ3v) is 4.85. The Morgan fingerprint density at radius 2 is 2.11 bits per heavy atom. The average Bonchev–Trinajstić information content (AvgIpc) is 2.55. The summed E-state index contributed by atoms with van der Waals surface area (Å²) in [5.74, 6) is 0.630. The van der Waals surface area contributed by atoms with Gasteiger partial charge in [0.15, 0.2) is 5.78 Å². The molecule has 0 saturated carbocycles. The highest BCUT2D eigenvalue weighted by molar-refractivity contribution is 5.92. The van der Waals surface area contributed by atoms with Crippen LogP contribution in [-0.2, 0) is 16.6 Å². The Hall–Kier alpha value is -1.57. The van der Waals surface area contributed by atoms with Gasteiger partial charge in [-0.3, -0.25) is 4.79 Å². The van der Waals surface area contributed by atoms with Crippen LogP contribution < -0.4 is 0 Å². The molecule has 1 aromatic carbocycles. The van der Waals surface area contributed by atoms with Crippen LogP contribution >= 0.6 is 0 Å². The molecule has 2 heteroatoms. The third-order valence-electron chi connectivity index (χ3n) is 4.85. The Labute approximate surface area is 114 Å². The molecule has 0 aromatic heterocycles. The molecular formula is C17H20O2. The van der Waals surface area contributed by atoms with E-state index in [4.69, 9.17) is 0 Å². The monoisotopic (exact) mass is 256 g/mol. The minimum Gasteiger partial charge on any atom is -0.508 e. The molecule has 0 fully saturated rings. The molecule has 0 heterocycles. The highest BCUT2D eigenvalue weighted by Gasteiger charge is 2.40. The van der Waals surface area contributed by atoms with E-state index in [0.717, 1.165) is 32.1 Å². The first-order valence-corrected chi connectivity index (χ1v) is 7.22. The zero-order valence-electron chi connectivity index (χ0n) is 11.4. The number of hydrogen-bond donors (Lipinski definition) is 1. The molecule has 3 rings (SSSR count). The van der Waals surface area contributed by atoms with Crippen molar-refractivity contribution in [3.05, 3.63) is 41.0 Å². The van der Waals surface area contributed by atoms with E-state index >= 15 is 0 Å². The van der Waals surface area contributed by atoms with E-state index in [1.165, 1.54) is 16.7 Å². The standard InChI is InChI=1S/C17H20O2/c1-2-17-9-8-15(19)11-13(17)5-3-4-12-10-14(18)6-7-16(12)17/h6-7,10-11,18H,2-5,8-9H2,1H3/t17-/m1/s1. The molecule has 2 nitrogen and oxygen atoms in total. The van der Waals surface area contributed by atoms with Crippen molar-refractivity contribution in [3.63, 3.8) is 0 Å². The summed E-state index contributed by atoms with van der Waals surface area (Å²) in [7, 11) is 0. The lowest BCUT2D eigenvalue weighted by Gasteiger charge is -2.38. The first-order chi connectivity index (χ1) is 9.15. The molecule has 0 unspecified atom stereocenters.